The number of aromatic nitrogens is 1. The molecule has 1 aliphatic heterocycles. The van der Waals surface area contributed by atoms with Gasteiger partial charge in [0.05, 0.1) is 6.04 Å². The Morgan fingerprint density at radius 2 is 1.78 bits per heavy atom. The molecule has 2 heterocycles. The second kappa shape index (κ2) is 6.53. The highest BCUT2D eigenvalue weighted by Gasteiger charge is 2.23. The lowest BCUT2D eigenvalue weighted by molar-refractivity contribution is 0.316. The summed E-state index contributed by atoms with van der Waals surface area (Å²) in [6, 6.07) is 16.9. The molecule has 2 aliphatic rings. The lowest BCUT2D eigenvalue weighted by Crippen LogP contribution is -2.10. The van der Waals surface area contributed by atoms with Gasteiger partial charge in [-0.1, -0.05) is 49.2 Å². The Kier molecular flexibility index (Phi) is 4.10. The fourth-order valence-electron chi connectivity index (χ4n) is 3.57. The molecule has 1 atom stereocenters. The summed E-state index contributed by atoms with van der Waals surface area (Å²) in [6.45, 7) is 0.652. The van der Waals surface area contributed by atoms with Crippen molar-refractivity contribution in [2.45, 2.75) is 44.1 Å². The normalized spacial score (nSPS) is 21.2. The van der Waals surface area contributed by atoms with Crippen LogP contribution in [0.5, 0.6) is 0 Å². The van der Waals surface area contributed by atoms with Crippen molar-refractivity contribution in [3.8, 4) is 0 Å². The van der Waals surface area contributed by atoms with E-state index in [4.69, 9.17) is 14.7 Å². The SMILES string of the molecule is c1ccc(C[C@@H]2COC(c3cccc(C4CCCC4)n3)=N2)cc1. The fraction of sp³-hybridized carbons (Fsp3) is 0.400. The fourth-order valence-corrected chi connectivity index (χ4v) is 3.57. The predicted octanol–water partition coefficient (Wildman–Crippen LogP) is 4.13. The van der Waals surface area contributed by atoms with Crippen LogP contribution in [0.3, 0.4) is 0 Å². The van der Waals surface area contributed by atoms with Crippen molar-refractivity contribution >= 4 is 5.90 Å². The van der Waals surface area contributed by atoms with Crippen LogP contribution in [-0.2, 0) is 11.2 Å². The lowest BCUT2D eigenvalue weighted by Gasteiger charge is -2.09. The molecule has 3 nitrogen and oxygen atoms in total. The van der Waals surface area contributed by atoms with Crippen LogP contribution in [-0.4, -0.2) is 23.5 Å². The molecule has 0 saturated heterocycles. The first kappa shape index (κ1) is 14.4. The summed E-state index contributed by atoms with van der Waals surface area (Å²) in [5.74, 6) is 1.34. The number of pyridine rings is 1. The average Bonchev–Trinajstić information content (AvgIpc) is 3.28. The first-order valence-electron chi connectivity index (χ1n) is 8.60. The summed E-state index contributed by atoms with van der Waals surface area (Å²) in [5.41, 5.74) is 3.40. The maximum Gasteiger partial charge on any atom is 0.235 e. The number of hydrogen-bond acceptors (Lipinski definition) is 3. The maximum atomic E-state index is 5.83. The minimum Gasteiger partial charge on any atom is -0.474 e. The van der Waals surface area contributed by atoms with E-state index >= 15 is 0 Å². The third-order valence-corrected chi connectivity index (χ3v) is 4.79. The molecule has 0 bridgehead atoms. The third kappa shape index (κ3) is 3.29. The Morgan fingerprint density at radius 3 is 2.61 bits per heavy atom. The molecule has 3 heteroatoms. The van der Waals surface area contributed by atoms with E-state index in [1.165, 1.54) is 36.9 Å². The van der Waals surface area contributed by atoms with Crippen LogP contribution in [0.25, 0.3) is 0 Å². The minimum atomic E-state index is 0.198. The number of benzene rings is 1. The van der Waals surface area contributed by atoms with E-state index in [1.54, 1.807) is 0 Å². The van der Waals surface area contributed by atoms with E-state index in [1.807, 2.05) is 12.1 Å². The van der Waals surface area contributed by atoms with E-state index in [0.717, 1.165) is 12.1 Å². The highest BCUT2D eigenvalue weighted by molar-refractivity contribution is 5.93. The molecular formula is C20H22N2O. The zero-order valence-corrected chi connectivity index (χ0v) is 13.3. The van der Waals surface area contributed by atoms with Gasteiger partial charge in [-0.05, 0) is 37.0 Å². The molecule has 1 saturated carbocycles. The van der Waals surface area contributed by atoms with Gasteiger partial charge >= 0.3 is 0 Å². The van der Waals surface area contributed by atoms with Crippen molar-refractivity contribution in [2.75, 3.05) is 6.61 Å². The second-order valence-corrected chi connectivity index (χ2v) is 6.52. The molecule has 1 aromatic heterocycles. The zero-order chi connectivity index (χ0) is 15.5. The van der Waals surface area contributed by atoms with Gasteiger partial charge in [0.25, 0.3) is 0 Å². The molecule has 0 N–H and O–H groups in total. The molecule has 23 heavy (non-hydrogen) atoms. The average molecular weight is 306 g/mol. The van der Waals surface area contributed by atoms with Crippen LogP contribution in [0, 0.1) is 0 Å². The molecule has 1 aromatic carbocycles. The quantitative estimate of drug-likeness (QED) is 0.851. The van der Waals surface area contributed by atoms with Crippen molar-refractivity contribution in [3.05, 3.63) is 65.5 Å². The lowest BCUT2D eigenvalue weighted by atomic mass is 10.0. The summed E-state index contributed by atoms with van der Waals surface area (Å²) in [4.78, 5) is 9.58. The van der Waals surface area contributed by atoms with Crippen LogP contribution in [0.4, 0.5) is 0 Å². The van der Waals surface area contributed by atoms with Gasteiger partial charge in [0.2, 0.25) is 5.90 Å². The Balaban J connectivity index is 1.49. The molecule has 118 valence electrons. The van der Waals surface area contributed by atoms with Gasteiger partial charge in [0.1, 0.15) is 12.3 Å². The molecule has 0 unspecified atom stereocenters. The summed E-state index contributed by atoms with van der Waals surface area (Å²) in [7, 11) is 0. The maximum absolute atomic E-state index is 5.83. The molecule has 1 fully saturated rings. The number of rotatable bonds is 4. The van der Waals surface area contributed by atoms with E-state index in [0.29, 0.717) is 18.4 Å². The van der Waals surface area contributed by atoms with E-state index in [9.17, 15) is 0 Å². The molecule has 0 radical (unpaired) electrons. The van der Waals surface area contributed by atoms with Crippen molar-refractivity contribution in [1.82, 2.24) is 4.98 Å². The van der Waals surface area contributed by atoms with Crippen LogP contribution >= 0.6 is 0 Å². The van der Waals surface area contributed by atoms with Gasteiger partial charge in [-0.2, -0.15) is 0 Å². The van der Waals surface area contributed by atoms with E-state index < -0.39 is 0 Å². The van der Waals surface area contributed by atoms with Crippen LogP contribution < -0.4 is 0 Å². The highest BCUT2D eigenvalue weighted by Crippen LogP contribution is 2.33. The van der Waals surface area contributed by atoms with Crippen molar-refractivity contribution in [1.29, 1.82) is 0 Å². The van der Waals surface area contributed by atoms with E-state index in [2.05, 4.69) is 36.4 Å². The van der Waals surface area contributed by atoms with Crippen LogP contribution in [0.2, 0.25) is 0 Å². The first-order chi connectivity index (χ1) is 11.4. The van der Waals surface area contributed by atoms with Gasteiger partial charge < -0.3 is 4.74 Å². The van der Waals surface area contributed by atoms with Gasteiger partial charge in [-0.15, -0.1) is 0 Å². The van der Waals surface area contributed by atoms with Crippen molar-refractivity contribution in [3.63, 3.8) is 0 Å². The number of ether oxygens (including phenoxy) is 1. The zero-order valence-electron chi connectivity index (χ0n) is 13.3. The molecule has 0 amide bonds. The summed E-state index contributed by atoms with van der Waals surface area (Å²) < 4.78 is 5.83. The van der Waals surface area contributed by atoms with Crippen LogP contribution in [0.15, 0.2) is 53.5 Å². The van der Waals surface area contributed by atoms with E-state index in [-0.39, 0.29) is 6.04 Å². The summed E-state index contributed by atoms with van der Waals surface area (Å²) in [6.07, 6.45) is 6.10. The number of aliphatic imine (C=N–C) groups is 1. The standard InChI is InChI=1S/C20H22N2O/c1-2-7-15(8-3-1)13-17-14-23-20(21-17)19-12-6-11-18(22-19)16-9-4-5-10-16/h1-3,6-8,11-12,16-17H,4-5,9-10,13-14H2/t17-/m1/s1. The molecule has 0 spiro atoms. The smallest absolute Gasteiger partial charge is 0.235 e. The molecule has 4 rings (SSSR count). The van der Waals surface area contributed by atoms with Gasteiger partial charge in [-0.3, -0.25) is 0 Å². The Labute approximate surface area is 137 Å². The minimum absolute atomic E-state index is 0.198. The summed E-state index contributed by atoms with van der Waals surface area (Å²) in [5, 5.41) is 0. The Hall–Kier alpha value is -2.16. The highest BCUT2D eigenvalue weighted by atomic mass is 16.5. The van der Waals surface area contributed by atoms with Gasteiger partial charge in [0, 0.05) is 11.6 Å². The van der Waals surface area contributed by atoms with Gasteiger partial charge in [-0.25, -0.2) is 9.98 Å². The van der Waals surface area contributed by atoms with Crippen molar-refractivity contribution < 1.29 is 4.74 Å². The largest absolute Gasteiger partial charge is 0.474 e. The molecule has 1 aliphatic carbocycles. The summed E-state index contributed by atoms with van der Waals surface area (Å²) >= 11 is 0. The monoisotopic (exact) mass is 306 g/mol. The molecule has 2 aromatic rings. The van der Waals surface area contributed by atoms with Gasteiger partial charge in [0.15, 0.2) is 0 Å². The molecular weight excluding hydrogens is 284 g/mol. The predicted molar refractivity (Wildman–Crippen MR) is 91.9 cm³/mol. The topological polar surface area (TPSA) is 34.5 Å². The number of hydrogen-bond donors (Lipinski definition) is 0. The third-order valence-electron chi connectivity index (χ3n) is 4.79. The Morgan fingerprint density at radius 1 is 0.957 bits per heavy atom. The number of nitrogens with zero attached hydrogens (tertiary/aromatic N) is 2. The first-order valence-corrected chi connectivity index (χ1v) is 8.60. The van der Waals surface area contributed by atoms with Crippen LogP contribution in [0.1, 0.15) is 48.6 Å². The van der Waals surface area contributed by atoms with Crippen molar-refractivity contribution in [2.24, 2.45) is 4.99 Å². The Bertz CT molecular complexity index is 690. The second-order valence-electron chi connectivity index (χ2n) is 6.52.